The van der Waals surface area contributed by atoms with Crippen LogP contribution in [-0.4, -0.2) is 48.3 Å². The van der Waals surface area contributed by atoms with E-state index in [0.29, 0.717) is 18.9 Å². The van der Waals surface area contributed by atoms with Crippen LogP contribution in [0.5, 0.6) is 5.75 Å². The summed E-state index contributed by atoms with van der Waals surface area (Å²) in [4.78, 5) is 14.2. The molecule has 1 aliphatic heterocycles. The lowest BCUT2D eigenvalue weighted by atomic mass is 10.2. The molecule has 2 aromatic rings. The van der Waals surface area contributed by atoms with Gasteiger partial charge in [0.05, 0.1) is 19.3 Å². The highest BCUT2D eigenvalue weighted by molar-refractivity contribution is 5.93. The molecule has 1 aromatic heterocycles. The zero-order valence-electron chi connectivity index (χ0n) is 13.6. The number of benzene rings is 1. The number of rotatable bonds is 4. The maximum Gasteiger partial charge on any atom is 0.290 e. The van der Waals surface area contributed by atoms with Crippen LogP contribution >= 0.6 is 0 Å². The summed E-state index contributed by atoms with van der Waals surface area (Å²) in [6.07, 6.45) is -0.674. The lowest BCUT2D eigenvalue weighted by molar-refractivity contribution is 0.0524. The number of aryl methyl sites for hydroxylation is 1. The SMILES string of the molecule is Cc1cc(COc2ccccc2)oc1C(=O)N1CCOC[C@H](O)C1. The van der Waals surface area contributed by atoms with Crippen molar-refractivity contribution in [2.24, 2.45) is 0 Å². The number of hydrogen-bond donors (Lipinski definition) is 1. The topological polar surface area (TPSA) is 72.1 Å². The number of amides is 1. The molecule has 0 saturated carbocycles. The molecule has 0 aliphatic carbocycles. The van der Waals surface area contributed by atoms with E-state index in [2.05, 4.69) is 0 Å². The third-order valence-electron chi connectivity index (χ3n) is 3.82. The first-order chi connectivity index (χ1) is 11.6. The average Bonchev–Trinajstić information content (AvgIpc) is 2.82. The lowest BCUT2D eigenvalue weighted by Gasteiger charge is -2.20. The molecule has 6 nitrogen and oxygen atoms in total. The fourth-order valence-electron chi connectivity index (χ4n) is 2.62. The zero-order chi connectivity index (χ0) is 16.9. The van der Waals surface area contributed by atoms with Crippen LogP contribution in [0.3, 0.4) is 0 Å². The fourth-order valence-corrected chi connectivity index (χ4v) is 2.62. The molecule has 1 saturated heterocycles. The molecule has 0 unspecified atom stereocenters. The maximum atomic E-state index is 12.6. The first-order valence-electron chi connectivity index (χ1n) is 7.95. The summed E-state index contributed by atoms with van der Waals surface area (Å²) in [6.45, 7) is 3.42. The van der Waals surface area contributed by atoms with Crippen molar-refractivity contribution in [3.8, 4) is 5.75 Å². The predicted octanol–water partition coefficient (Wildman–Crippen LogP) is 2.00. The van der Waals surface area contributed by atoms with Crippen LogP contribution < -0.4 is 4.74 Å². The van der Waals surface area contributed by atoms with Crippen molar-refractivity contribution in [1.29, 1.82) is 0 Å². The third kappa shape index (κ3) is 3.96. The Balaban J connectivity index is 1.67. The highest BCUT2D eigenvalue weighted by Gasteiger charge is 2.26. The number of para-hydroxylation sites is 1. The molecule has 0 spiro atoms. The molecule has 6 heteroatoms. The second kappa shape index (κ2) is 7.51. The van der Waals surface area contributed by atoms with Crippen molar-refractivity contribution in [3.63, 3.8) is 0 Å². The molecular formula is C18H21NO5. The minimum Gasteiger partial charge on any atom is -0.486 e. The Morgan fingerprint density at radius 2 is 2.17 bits per heavy atom. The van der Waals surface area contributed by atoms with E-state index in [0.717, 1.165) is 11.3 Å². The van der Waals surface area contributed by atoms with Gasteiger partial charge in [-0.3, -0.25) is 4.79 Å². The summed E-state index contributed by atoms with van der Waals surface area (Å²) in [5.74, 6) is 1.39. The number of aliphatic hydroxyl groups is 1. The Morgan fingerprint density at radius 1 is 1.38 bits per heavy atom. The number of β-amino-alcohol motifs (C(OH)–C–C–N with tert-alkyl or cyclic N) is 1. The summed E-state index contributed by atoms with van der Waals surface area (Å²) < 4.78 is 16.6. The van der Waals surface area contributed by atoms with Gasteiger partial charge in [-0.05, 0) is 25.1 Å². The van der Waals surface area contributed by atoms with Gasteiger partial charge in [-0.1, -0.05) is 18.2 Å². The van der Waals surface area contributed by atoms with Crippen LogP contribution in [0.15, 0.2) is 40.8 Å². The Kier molecular flexibility index (Phi) is 5.17. The smallest absolute Gasteiger partial charge is 0.290 e. The number of aliphatic hydroxyl groups excluding tert-OH is 1. The molecule has 1 aliphatic rings. The molecule has 1 N–H and O–H groups in total. The van der Waals surface area contributed by atoms with E-state index < -0.39 is 6.10 Å². The molecule has 0 bridgehead atoms. The molecule has 1 atom stereocenters. The fraction of sp³-hybridized carbons (Fsp3) is 0.389. The van der Waals surface area contributed by atoms with Crippen molar-refractivity contribution >= 4 is 5.91 Å². The van der Waals surface area contributed by atoms with Crippen LogP contribution in [0.2, 0.25) is 0 Å². The third-order valence-corrected chi connectivity index (χ3v) is 3.82. The van der Waals surface area contributed by atoms with Gasteiger partial charge in [-0.25, -0.2) is 0 Å². The molecule has 1 aromatic carbocycles. The molecule has 1 fully saturated rings. The minimum absolute atomic E-state index is 0.233. The van der Waals surface area contributed by atoms with Crippen LogP contribution in [0.1, 0.15) is 21.9 Å². The van der Waals surface area contributed by atoms with Crippen LogP contribution in [0, 0.1) is 6.92 Å². The zero-order valence-corrected chi connectivity index (χ0v) is 13.6. The van der Waals surface area contributed by atoms with Gasteiger partial charge in [0.1, 0.15) is 18.1 Å². The van der Waals surface area contributed by atoms with Gasteiger partial charge in [-0.15, -0.1) is 0 Å². The largest absolute Gasteiger partial charge is 0.486 e. The molecular weight excluding hydrogens is 310 g/mol. The summed E-state index contributed by atoms with van der Waals surface area (Å²) in [5.41, 5.74) is 0.756. The van der Waals surface area contributed by atoms with Crippen molar-refractivity contribution in [1.82, 2.24) is 4.90 Å². The number of hydrogen-bond acceptors (Lipinski definition) is 5. The lowest BCUT2D eigenvalue weighted by Crippen LogP contribution is -2.37. The summed E-state index contributed by atoms with van der Waals surface area (Å²) >= 11 is 0. The molecule has 1 amide bonds. The number of furan rings is 1. The summed E-state index contributed by atoms with van der Waals surface area (Å²) in [5, 5.41) is 9.77. The minimum atomic E-state index is -0.674. The number of ether oxygens (including phenoxy) is 2. The Labute approximate surface area is 140 Å². The Bertz CT molecular complexity index is 682. The van der Waals surface area contributed by atoms with Gasteiger partial charge in [-0.2, -0.15) is 0 Å². The normalized spacial score (nSPS) is 18.2. The van der Waals surface area contributed by atoms with Gasteiger partial charge in [0.15, 0.2) is 5.76 Å². The second-order valence-electron chi connectivity index (χ2n) is 5.81. The van der Waals surface area contributed by atoms with E-state index in [-0.39, 0.29) is 31.4 Å². The Morgan fingerprint density at radius 3 is 2.96 bits per heavy atom. The highest BCUT2D eigenvalue weighted by Crippen LogP contribution is 2.20. The van der Waals surface area contributed by atoms with Gasteiger partial charge in [0.2, 0.25) is 0 Å². The molecule has 0 radical (unpaired) electrons. The molecule has 24 heavy (non-hydrogen) atoms. The quantitative estimate of drug-likeness (QED) is 0.928. The number of nitrogens with zero attached hydrogens (tertiary/aromatic N) is 1. The maximum absolute atomic E-state index is 12.6. The monoisotopic (exact) mass is 331 g/mol. The van der Waals surface area contributed by atoms with Gasteiger partial charge in [0.25, 0.3) is 5.91 Å². The first-order valence-corrected chi connectivity index (χ1v) is 7.95. The van der Waals surface area contributed by atoms with Crippen LogP contribution in [-0.2, 0) is 11.3 Å². The van der Waals surface area contributed by atoms with Crippen molar-refractivity contribution in [2.45, 2.75) is 19.6 Å². The van der Waals surface area contributed by atoms with E-state index in [1.54, 1.807) is 11.0 Å². The van der Waals surface area contributed by atoms with Crippen molar-refractivity contribution < 1.29 is 23.8 Å². The van der Waals surface area contributed by atoms with Gasteiger partial charge in [0, 0.05) is 18.7 Å². The summed E-state index contributed by atoms with van der Waals surface area (Å²) in [7, 11) is 0. The van der Waals surface area contributed by atoms with Crippen molar-refractivity contribution in [3.05, 3.63) is 53.5 Å². The van der Waals surface area contributed by atoms with Gasteiger partial charge < -0.3 is 23.9 Å². The molecule has 3 rings (SSSR count). The predicted molar refractivity (Wildman–Crippen MR) is 86.9 cm³/mol. The summed E-state index contributed by atoms with van der Waals surface area (Å²) in [6, 6.07) is 11.2. The van der Waals surface area contributed by atoms with E-state index in [9.17, 15) is 9.90 Å². The van der Waals surface area contributed by atoms with Crippen molar-refractivity contribution in [2.75, 3.05) is 26.3 Å². The van der Waals surface area contributed by atoms with E-state index in [1.165, 1.54) is 0 Å². The Hall–Kier alpha value is -2.31. The van der Waals surface area contributed by atoms with E-state index in [4.69, 9.17) is 13.9 Å². The standard InChI is InChI=1S/C18H21NO5/c1-13-9-16(12-23-15-5-3-2-4-6-15)24-17(13)18(21)19-7-8-22-11-14(20)10-19/h2-6,9,14,20H,7-8,10-12H2,1H3/t14-/m1/s1. The second-order valence-corrected chi connectivity index (χ2v) is 5.81. The average molecular weight is 331 g/mol. The number of carbonyl (C=O) groups is 1. The number of carbonyl (C=O) groups excluding carboxylic acids is 1. The van der Waals surface area contributed by atoms with Crippen LogP contribution in [0.4, 0.5) is 0 Å². The van der Waals surface area contributed by atoms with Crippen LogP contribution in [0.25, 0.3) is 0 Å². The molecule has 2 heterocycles. The molecule has 128 valence electrons. The van der Waals surface area contributed by atoms with E-state index >= 15 is 0 Å². The van der Waals surface area contributed by atoms with Gasteiger partial charge >= 0.3 is 0 Å². The van der Waals surface area contributed by atoms with E-state index in [1.807, 2.05) is 37.3 Å². The highest BCUT2D eigenvalue weighted by atomic mass is 16.5. The first kappa shape index (κ1) is 16.5.